The molecule has 1 atom stereocenters. The molecule has 1 N–H and O–H groups in total. The number of amides is 1. The molecule has 0 aliphatic carbocycles. The Labute approximate surface area is 144 Å². The van der Waals surface area contributed by atoms with Crippen LogP contribution in [0, 0.1) is 5.92 Å². The number of nitrogens with zero attached hydrogens (tertiary/aromatic N) is 2. The summed E-state index contributed by atoms with van der Waals surface area (Å²) in [4.78, 5) is 36.1. The Morgan fingerprint density at radius 3 is 2.80 bits per heavy atom. The van der Waals surface area contributed by atoms with Gasteiger partial charge in [-0.1, -0.05) is 18.2 Å². The Morgan fingerprint density at radius 1 is 1.24 bits per heavy atom. The second-order valence-corrected chi connectivity index (χ2v) is 6.29. The van der Waals surface area contributed by atoms with Gasteiger partial charge in [-0.3, -0.25) is 18.7 Å². The van der Waals surface area contributed by atoms with Gasteiger partial charge < -0.3 is 10.1 Å². The van der Waals surface area contributed by atoms with Gasteiger partial charge in [0.1, 0.15) is 11.4 Å². The molecule has 1 aliphatic heterocycles. The number of nitrogens with one attached hydrogen (secondary N) is 1. The maximum absolute atomic E-state index is 12.4. The van der Waals surface area contributed by atoms with Crippen LogP contribution in [0.15, 0.2) is 39.9 Å². The Hall–Kier alpha value is -2.83. The first-order valence-electron chi connectivity index (χ1n) is 8.23. The van der Waals surface area contributed by atoms with E-state index in [-0.39, 0.29) is 11.6 Å². The number of benzene rings is 1. The molecule has 0 fully saturated rings. The number of carbonyl (C=O) groups is 1. The fourth-order valence-corrected chi connectivity index (χ4v) is 3.01. The number of para-hydroxylation sites is 1. The predicted octanol–water partition coefficient (Wildman–Crippen LogP) is 0.455. The van der Waals surface area contributed by atoms with Gasteiger partial charge in [0.05, 0.1) is 6.61 Å². The molecule has 0 saturated heterocycles. The first-order valence-corrected chi connectivity index (χ1v) is 8.23. The van der Waals surface area contributed by atoms with E-state index in [1.165, 1.54) is 24.7 Å². The molecule has 7 heteroatoms. The summed E-state index contributed by atoms with van der Waals surface area (Å²) < 4.78 is 7.88. The molecule has 1 aromatic carbocycles. The zero-order valence-electron chi connectivity index (χ0n) is 14.3. The van der Waals surface area contributed by atoms with Crippen molar-refractivity contribution in [3.63, 3.8) is 0 Å². The highest BCUT2D eigenvalue weighted by Crippen LogP contribution is 2.26. The number of carbonyl (C=O) groups excluding carboxylic acids is 1. The van der Waals surface area contributed by atoms with Crippen LogP contribution in [0.3, 0.4) is 0 Å². The molecular weight excluding hydrogens is 322 g/mol. The Kier molecular flexibility index (Phi) is 4.74. The van der Waals surface area contributed by atoms with Crippen molar-refractivity contribution >= 4 is 5.91 Å². The lowest BCUT2D eigenvalue weighted by Crippen LogP contribution is -2.42. The van der Waals surface area contributed by atoms with Gasteiger partial charge in [-0.2, -0.15) is 0 Å². The van der Waals surface area contributed by atoms with Crippen molar-refractivity contribution in [1.29, 1.82) is 0 Å². The fraction of sp³-hybridized carbons (Fsp3) is 0.389. The van der Waals surface area contributed by atoms with Crippen molar-refractivity contribution in [2.45, 2.75) is 12.8 Å². The van der Waals surface area contributed by atoms with E-state index in [0.29, 0.717) is 13.2 Å². The molecule has 3 rings (SSSR count). The Balaban J connectivity index is 1.71. The summed E-state index contributed by atoms with van der Waals surface area (Å²) in [6, 6.07) is 9.07. The second kappa shape index (κ2) is 6.96. The van der Waals surface area contributed by atoms with Gasteiger partial charge in [0, 0.05) is 26.7 Å². The average molecular weight is 343 g/mol. The summed E-state index contributed by atoms with van der Waals surface area (Å²) in [5.74, 6) is 0.706. The zero-order chi connectivity index (χ0) is 18.0. The Morgan fingerprint density at radius 2 is 2.00 bits per heavy atom. The number of aromatic nitrogens is 2. The molecule has 25 heavy (non-hydrogen) atoms. The summed E-state index contributed by atoms with van der Waals surface area (Å²) in [5.41, 5.74) is 0.179. The molecule has 0 bridgehead atoms. The molecule has 7 nitrogen and oxygen atoms in total. The molecule has 1 aliphatic rings. The molecule has 2 heterocycles. The SMILES string of the molecule is Cn1c(C(=O)NC[C@@H]2CCOc3ccccc3C2)cc(=O)n(C)c1=O. The summed E-state index contributed by atoms with van der Waals surface area (Å²) in [6.07, 6.45) is 1.64. The van der Waals surface area contributed by atoms with Gasteiger partial charge in [0.15, 0.2) is 0 Å². The fourth-order valence-electron chi connectivity index (χ4n) is 3.01. The lowest BCUT2D eigenvalue weighted by atomic mass is 9.97. The number of rotatable bonds is 3. The van der Waals surface area contributed by atoms with Crippen molar-refractivity contribution in [3.05, 3.63) is 62.4 Å². The highest BCUT2D eigenvalue weighted by Gasteiger charge is 2.19. The average Bonchev–Trinajstić information content (AvgIpc) is 2.82. The van der Waals surface area contributed by atoms with Gasteiger partial charge in [-0.05, 0) is 30.4 Å². The van der Waals surface area contributed by atoms with E-state index >= 15 is 0 Å². The number of hydrogen-bond donors (Lipinski definition) is 1. The van der Waals surface area contributed by atoms with E-state index in [2.05, 4.69) is 5.32 Å². The summed E-state index contributed by atoms with van der Waals surface area (Å²) in [5, 5.41) is 2.84. The maximum Gasteiger partial charge on any atom is 0.331 e. The van der Waals surface area contributed by atoms with E-state index in [1.54, 1.807) is 0 Å². The molecule has 2 aromatic rings. The highest BCUT2D eigenvalue weighted by atomic mass is 16.5. The minimum absolute atomic E-state index is 0.0679. The first-order chi connectivity index (χ1) is 12.0. The monoisotopic (exact) mass is 343 g/mol. The summed E-state index contributed by atoms with van der Waals surface area (Å²) in [7, 11) is 2.86. The van der Waals surface area contributed by atoms with Crippen LogP contribution >= 0.6 is 0 Å². The van der Waals surface area contributed by atoms with Crippen LogP contribution in [0.1, 0.15) is 22.5 Å². The molecule has 0 saturated carbocycles. The third kappa shape index (κ3) is 3.50. The minimum atomic E-state index is -0.519. The van der Waals surface area contributed by atoms with Crippen molar-refractivity contribution in [2.75, 3.05) is 13.2 Å². The largest absolute Gasteiger partial charge is 0.493 e. The van der Waals surface area contributed by atoms with Crippen molar-refractivity contribution in [1.82, 2.24) is 14.5 Å². The maximum atomic E-state index is 12.4. The predicted molar refractivity (Wildman–Crippen MR) is 93.0 cm³/mol. The van der Waals surface area contributed by atoms with Crippen LogP contribution in [0.5, 0.6) is 5.75 Å². The van der Waals surface area contributed by atoms with Crippen molar-refractivity contribution < 1.29 is 9.53 Å². The van der Waals surface area contributed by atoms with E-state index < -0.39 is 17.2 Å². The highest BCUT2D eigenvalue weighted by molar-refractivity contribution is 5.92. The smallest absolute Gasteiger partial charge is 0.331 e. The van der Waals surface area contributed by atoms with Gasteiger partial charge in [-0.15, -0.1) is 0 Å². The number of fused-ring (bicyclic) bond motifs is 1. The lowest BCUT2D eigenvalue weighted by molar-refractivity contribution is 0.0935. The van der Waals surface area contributed by atoms with Crippen LogP contribution in [0.2, 0.25) is 0 Å². The quantitative estimate of drug-likeness (QED) is 0.877. The molecule has 0 radical (unpaired) electrons. The van der Waals surface area contributed by atoms with Crippen molar-refractivity contribution in [2.24, 2.45) is 20.0 Å². The van der Waals surface area contributed by atoms with Crippen LogP contribution in [-0.4, -0.2) is 28.2 Å². The third-order valence-corrected chi connectivity index (χ3v) is 4.57. The first kappa shape index (κ1) is 17.0. The Bertz CT molecular complexity index is 913. The van der Waals surface area contributed by atoms with Crippen LogP contribution < -0.4 is 21.3 Å². The lowest BCUT2D eigenvalue weighted by Gasteiger charge is -2.15. The molecule has 0 spiro atoms. The van der Waals surface area contributed by atoms with Gasteiger partial charge in [-0.25, -0.2) is 4.79 Å². The molecule has 1 amide bonds. The molecule has 1 aromatic heterocycles. The number of hydrogen-bond acceptors (Lipinski definition) is 4. The van der Waals surface area contributed by atoms with Crippen LogP contribution in [0.25, 0.3) is 0 Å². The molecule has 132 valence electrons. The van der Waals surface area contributed by atoms with Gasteiger partial charge in [0.25, 0.3) is 11.5 Å². The van der Waals surface area contributed by atoms with E-state index in [4.69, 9.17) is 4.74 Å². The van der Waals surface area contributed by atoms with Crippen LogP contribution in [0.4, 0.5) is 0 Å². The minimum Gasteiger partial charge on any atom is -0.493 e. The molecule has 0 unspecified atom stereocenters. The normalized spacial score (nSPS) is 16.5. The van der Waals surface area contributed by atoms with E-state index in [1.807, 2.05) is 24.3 Å². The summed E-state index contributed by atoms with van der Waals surface area (Å²) in [6.45, 7) is 1.06. The molecular formula is C18H21N3O4. The van der Waals surface area contributed by atoms with E-state index in [9.17, 15) is 14.4 Å². The van der Waals surface area contributed by atoms with Gasteiger partial charge >= 0.3 is 5.69 Å². The summed E-state index contributed by atoms with van der Waals surface area (Å²) >= 11 is 0. The third-order valence-electron chi connectivity index (χ3n) is 4.57. The number of ether oxygens (including phenoxy) is 1. The van der Waals surface area contributed by atoms with E-state index in [0.717, 1.165) is 28.7 Å². The van der Waals surface area contributed by atoms with Gasteiger partial charge in [0.2, 0.25) is 0 Å². The van der Waals surface area contributed by atoms with Crippen LogP contribution in [-0.2, 0) is 20.5 Å². The van der Waals surface area contributed by atoms with Crippen molar-refractivity contribution in [3.8, 4) is 5.75 Å². The second-order valence-electron chi connectivity index (χ2n) is 6.29. The zero-order valence-corrected chi connectivity index (χ0v) is 14.3. The standard InChI is InChI=1S/C18H21N3O4/c1-20-14(10-16(22)21(2)18(20)24)17(23)19-11-12-7-8-25-15-6-4-3-5-13(15)9-12/h3-6,10,12H,7-9,11H2,1-2H3,(H,19,23)/t12-/m1/s1. The topological polar surface area (TPSA) is 82.3 Å².